The van der Waals surface area contributed by atoms with E-state index >= 15 is 0 Å². The van der Waals surface area contributed by atoms with E-state index in [9.17, 15) is 4.79 Å². The molecule has 3 atom stereocenters. The number of rotatable bonds is 6. The molecule has 0 aromatic heterocycles. The lowest BCUT2D eigenvalue weighted by Crippen LogP contribution is -2.48. The molecule has 1 aromatic rings. The van der Waals surface area contributed by atoms with Gasteiger partial charge in [0, 0.05) is 45.9 Å². The van der Waals surface area contributed by atoms with Crippen LogP contribution in [-0.4, -0.2) is 68.9 Å². The van der Waals surface area contributed by atoms with E-state index in [0.29, 0.717) is 31.7 Å². The van der Waals surface area contributed by atoms with Crippen LogP contribution in [0.1, 0.15) is 50.5 Å². The van der Waals surface area contributed by atoms with Crippen molar-refractivity contribution >= 4 is 11.9 Å². The summed E-state index contributed by atoms with van der Waals surface area (Å²) in [6.45, 7) is 13.0. The van der Waals surface area contributed by atoms with Gasteiger partial charge >= 0.3 is 0 Å². The summed E-state index contributed by atoms with van der Waals surface area (Å²) < 4.78 is 11.3. The van der Waals surface area contributed by atoms with Gasteiger partial charge in [0.15, 0.2) is 5.96 Å². The van der Waals surface area contributed by atoms with Gasteiger partial charge in [0.2, 0.25) is 0 Å². The second kappa shape index (κ2) is 10.8. The van der Waals surface area contributed by atoms with Gasteiger partial charge in [-0.25, -0.2) is 0 Å². The van der Waals surface area contributed by atoms with E-state index < -0.39 is 0 Å². The average Bonchev–Trinajstić information content (AvgIpc) is 2.69. The summed E-state index contributed by atoms with van der Waals surface area (Å²) in [6.07, 6.45) is 0.208. The van der Waals surface area contributed by atoms with Crippen molar-refractivity contribution in [2.75, 3.05) is 33.8 Å². The Bertz CT molecular complexity index is 702. The van der Waals surface area contributed by atoms with Crippen LogP contribution in [-0.2, 0) is 16.0 Å². The second-order valence-electron chi connectivity index (χ2n) is 9.06. The molecule has 1 aromatic carbocycles. The van der Waals surface area contributed by atoms with E-state index in [1.54, 1.807) is 14.2 Å². The fraction of sp³-hybridized carbons (Fsp3) is 0.652. The first-order valence-corrected chi connectivity index (χ1v) is 10.6. The number of nitrogens with zero attached hydrogens (tertiary/aromatic N) is 2. The van der Waals surface area contributed by atoms with Crippen LogP contribution in [0.5, 0.6) is 0 Å². The number of benzene rings is 1. The Morgan fingerprint density at radius 3 is 2.30 bits per heavy atom. The molecule has 1 aliphatic rings. The summed E-state index contributed by atoms with van der Waals surface area (Å²) in [5.74, 6) is 0.777. The van der Waals surface area contributed by atoms with Gasteiger partial charge in [0.1, 0.15) is 0 Å². The van der Waals surface area contributed by atoms with Crippen molar-refractivity contribution in [2.45, 2.75) is 59.5 Å². The number of hydrogen-bond donors (Lipinski definition) is 2. The first-order chi connectivity index (χ1) is 14.1. The number of methoxy groups -OCH3 is 1. The number of aliphatic imine (C=N–C) groups is 1. The van der Waals surface area contributed by atoms with Gasteiger partial charge < -0.3 is 25.0 Å². The minimum Gasteiger partial charge on any atom is -0.379 e. The fourth-order valence-electron chi connectivity index (χ4n) is 3.63. The zero-order valence-electron chi connectivity index (χ0n) is 19.5. The highest BCUT2D eigenvalue weighted by molar-refractivity contribution is 5.94. The first kappa shape index (κ1) is 24.2. The molecule has 7 nitrogen and oxygen atoms in total. The SMILES string of the molecule is CN=C(NCc1ccc(C(=O)N2CC(C)OC(C)C2)cc1)NCC(OC)C(C)(C)C. The molecule has 1 saturated heterocycles. The van der Waals surface area contributed by atoms with E-state index in [2.05, 4.69) is 36.4 Å². The Hall–Kier alpha value is -2.12. The molecule has 1 amide bonds. The molecule has 0 saturated carbocycles. The van der Waals surface area contributed by atoms with Crippen LogP contribution in [0.4, 0.5) is 0 Å². The molecule has 7 heteroatoms. The Morgan fingerprint density at radius 2 is 1.80 bits per heavy atom. The lowest BCUT2D eigenvalue weighted by molar-refractivity contribution is -0.0586. The maximum atomic E-state index is 12.8. The topological polar surface area (TPSA) is 75.2 Å². The summed E-state index contributed by atoms with van der Waals surface area (Å²) in [6, 6.07) is 7.74. The van der Waals surface area contributed by atoms with Crippen molar-refractivity contribution in [2.24, 2.45) is 10.4 Å². The van der Waals surface area contributed by atoms with Gasteiger partial charge in [-0.15, -0.1) is 0 Å². The van der Waals surface area contributed by atoms with Crippen LogP contribution in [0.2, 0.25) is 0 Å². The number of ether oxygens (including phenoxy) is 2. The van der Waals surface area contributed by atoms with E-state index in [0.717, 1.165) is 11.5 Å². The van der Waals surface area contributed by atoms with Crippen LogP contribution in [0, 0.1) is 5.41 Å². The van der Waals surface area contributed by atoms with Gasteiger partial charge in [0.05, 0.1) is 18.3 Å². The third kappa shape index (κ3) is 6.99. The number of guanidine groups is 1. The molecular weight excluding hydrogens is 380 g/mol. The van der Waals surface area contributed by atoms with Crippen molar-refractivity contribution < 1.29 is 14.3 Å². The molecule has 0 spiro atoms. The van der Waals surface area contributed by atoms with Gasteiger partial charge in [-0.1, -0.05) is 32.9 Å². The average molecular weight is 419 g/mol. The van der Waals surface area contributed by atoms with Crippen LogP contribution in [0.3, 0.4) is 0 Å². The number of carbonyl (C=O) groups excluding carboxylic acids is 1. The monoisotopic (exact) mass is 418 g/mol. The minimum absolute atomic E-state index is 0.0407. The molecule has 168 valence electrons. The largest absolute Gasteiger partial charge is 0.379 e. The predicted octanol–water partition coefficient (Wildman–Crippen LogP) is 2.66. The predicted molar refractivity (Wildman–Crippen MR) is 121 cm³/mol. The van der Waals surface area contributed by atoms with Crippen molar-refractivity contribution in [3.63, 3.8) is 0 Å². The summed E-state index contributed by atoms with van der Waals surface area (Å²) >= 11 is 0. The molecule has 1 fully saturated rings. The highest BCUT2D eigenvalue weighted by atomic mass is 16.5. The standard InChI is InChI=1S/C23H38N4O3/c1-16-14-27(15-17(2)30-16)21(28)19-10-8-18(9-11-19)12-25-22(24-6)26-13-20(29-7)23(3,4)5/h8-11,16-17,20H,12-15H2,1-7H3,(H2,24,25,26). The molecule has 0 radical (unpaired) electrons. The fourth-order valence-corrected chi connectivity index (χ4v) is 3.63. The van der Waals surface area contributed by atoms with Gasteiger partial charge in [-0.3, -0.25) is 9.79 Å². The van der Waals surface area contributed by atoms with E-state index in [-0.39, 0.29) is 29.6 Å². The van der Waals surface area contributed by atoms with Gasteiger partial charge in [-0.05, 0) is 37.0 Å². The number of hydrogen-bond acceptors (Lipinski definition) is 4. The molecule has 1 heterocycles. The van der Waals surface area contributed by atoms with Gasteiger partial charge in [-0.2, -0.15) is 0 Å². The lowest BCUT2D eigenvalue weighted by atomic mass is 9.89. The quantitative estimate of drug-likeness (QED) is 0.549. The molecule has 2 rings (SSSR count). The minimum atomic E-state index is 0.0407. The number of nitrogens with one attached hydrogen (secondary N) is 2. The second-order valence-corrected chi connectivity index (χ2v) is 9.06. The van der Waals surface area contributed by atoms with Crippen molar-refractivity contribution in [3.05, 3.63) is 35.4 Å². The normalized spacial score (nSPS) is 21.3. The van der Waals surface area contributed by atoms with Crippen LogP contribution >= 0.6 is 0 Å². The zero-order valence-corrected chi connectivity index (χ0v) is 19.5. The molecule has 2 N–H and O–H groups in total. The Kier molecular flexibility index (Phi) is 8.67. The first-order valence-electron chi connectivity index (χ1n) is 10.6. The highest BCUT2D eigenvalue weighted by Gasteiger charge is 2.26. The smallest absolute Gasteiger partial charge is 0.254 e. The molecule has 0 aliphatic carbocycles. The third-order valence-electron chi connectivity index (χ3n) is 5.30. The lowest BCUT2D eigenvalue weighted by Gasteiger charge is -2.35. The number of amides is 1. The number of carbonyl (C=O) groups is 1. The Balaban J connectivity index is 1.88. The van der Waals surface area contributed by atoms with Crippen LogP contribution < -0.4 is 10.6 Å². The van der Waals surface area contributed by atoms with Gasteiger partial charge in [0.25, 0.3) is 5.91 Å². The Morgan fingerprint density at radius 1 is 1.20 bits per heavy atom. The number of morpholine rings is 1. The summed E-state index contributed by atoms with van der Waals surface area (Å²) in [7, 11) is 3.48. The van der Waals surface area contributed by atoms with E-state index in [1.165, 1.54) is 0 Å². The zero-order chi connectivity index (χ0) is 22.3. The maximum Gasteiger partial charge on any atom is 0.254 e. The summed E-state index contributed by atoms with van der Waals surface area (Å²) in [5, 5.41) is 6.63. The molecule has 3 unspecified atom stereocenters. The highest BCUT2D eigenvalue weighted by Crippen LogP contribution is 2.21. The molecule has 0 bridgehead atoms. The van der Waals surface area contributed by atoms with Crippen molar-refractivity contribution in [1.29, 1.82) is 0 Å². The van der Waals surface area contributed by atoms with Crippen molar-refractivity contribution in [3.8, 4) is 0 Å². The molecule has 1 aliphatic heterocycles. The maximum absolute atomic E-state index is 12.8. The molecule has 30 heavy (non-hydrogen) atoms. The van der Waals surface area contributed by atoms with Crippen molar-refractivity contribution in [1.82, 2.24) is 15.5 Å². The third-order valence-corrected chi connectivity index (χ3v) is 5.30. The molecular formula is C23H38N4O3. The van der Waals surface area contributed by atoms with Crippen LogP contribution in [0.25, 0.3) is 0 Å². The summed E-state index contributed by atoms with van der Waals surface area (Å²) in [5.41, 5.74) is 1.83. The summed E-state index contributed by atoms with van der Waals surface area (Å²) in [4.78, 5) is 18.9. The van der Waals surface area contributed by atoms with E-state index in [1.807, 2.05) is 43.0 Å². The Labute approximate surface area is 181 Å². The van der Waals surface area contributed by atoms with E-state index in [4.69, 9.17) is 9.47 Å². The van der Waals surface area contributed by atoms with Crippen LogP contribution in [0.15, 0.2) is 29.3 Å².